The molecule has 3 N–H and O–H groups in total. The normalized spacial score (nSPS) is 10.1. The maximum atomic E-state index is 7.41. The molecule has 0 bridgehead atoms. The van der Waals surface area contributed by atoms with Gasteiger partial charge in [0.05, 0.1) is 0 Å². The number of nitrogen functional groups attached to an aromatic ring is 1. The van der Waals surface area contributed by atoms with Crippen LogP contribution in [0.15, 0.2) is 12.4 Å². The second-order valence-electron chi connectivity index (χ2n) is 3.41. The topological polar surface area (TPSA) is 88.1 Å². The third-order valence-corrected chi connectivity index (χ3v) is 2.14. The summed E-state index contributed by atoms with van der Waals surface area (Å²) in [7, 11) is 3.56. The van der Waals surface area contributed by atoms with Gasteiger partial charge < -0.3 is 15.4 Å². The van der Waals surface area contributed by atoms with Crippen molar-refractivity contribution in [1.82, 2.24) is 9.97 Å². The molecule has 1 aromatic rings. The first kappa shape index (κ1) is 12.4. The molecule has 6 nitrogen and oxygen atoms in total. The average Bonchev–Trinajstić information content (AvgIpc) is 2.29. The molecule has 1 heterocycles. The standard InChI is InChI=1S/C10H17N5O/c1-15(6-3-7-16-2)10-8(9(11)12)13-4-5-14-10/h4-5H,3,6-7H2,1-2H3,(H3,11,12). The summed E-state index contributed by atoms with van der Waals surface area (Å²) in [5, 5.41) is 7.41. The highest BCUT2D eigenvalue weighted by molar-refractivity contribution is 5.97. The fourth-order valence-electron chi connectivity index (χ4n) is 1.35. The number of anilines is 1. The Bertz CT molecular complexity index is 355. The van der Waals surface area contributed by atoms with Crippen LogP contribution in [0.5, 0.6) is 0 Å². The second kappa shape index (κ2) is 6.02. The molecule has 0 aliphatic heterocycles. The van der Waals surface area contributed by atoms with Crippen LogP contribution in [0.25, 0.3) is 0 Å². The zero-order valence-electron chi connectivity index (χ0n) is 9.60. The lowest BCUT2D eigenvalue weighted by molar-refractivity contribution is 0.196. The van der Waals surface area contributed by atoms with Gasteiger partial charge in [0.2, 0.25) is 0 Å². The molecule has 0 fully saturated rings. The summed E-state index contributed by atoms with van der Waals surface area (Å²) in [5.74, 6) is 0.563. The number of aromatic nitrogens is 2. The van der Waals surface area contributed by atoms with Crippen LogP contribution < -0.4 is 10.6 Å². The Morgan fingerprint density at radius 2 is 2.19 bits per heavy atom. The van der Waals surface area contributed by atoms with Gasteiger partial charge in [-0.1, -0.05) is 0 Å². The molecule has 0 atom stereocenters. The van der Waals surface area contributed by atoms with E-state index in [4.69, 9.17) is 15.9 Å². The molecule has 0 aliphatic carbocycles. The molecule has 1 aromatic heterocycles. The summed E-state index contributed by atoms with van der Waals surface area (Å²) >= 11 is 0. The summed E-state index contributed by atoms with van der Waals surface area (Å²) < 4.78 is 4.98. The van der Waals surface area contributed by atoms with Crippen molar-refractivity contribution in [2.75, 3.05) is 32.2 Å². The Morgan fingerprint density at radius 1 is 1.50 bits per heavy atom. The molecule has 16 heavy (non-hydrogen) atoms. The first-order valence-corrected chi connectivity index (χ1v) is 5.02. The van der Waals surface area contributed by atoms with E-state index < -0.39 is 0 Å². The van der Waals surface area contributed by atoms with Crippen molar-refractivity contribution in [2.45, 2.75) is 6.42 Å². The smallest absolute Gasteiger partial charge is 0.158 e. The summed E-state index contributed by atoms with van der Waals surface area (Å²) in [6, 6.07) is 0. The van der Waals surface area contributed by atoms with Crippen molar-refractivity contribution in [3.8, 4) is 0 Å². The quantitative estimate of drug-likeness (QED) is 0.409. The molecule has 0 radical (unpaired) electrons. The molecular weight excluding hydrogens is 206 g/mol. The highest BCUT2D eigenvalue weighted by Gasteiger charge is 2.11. The number of hydrogen-bond acceptors (Lipinski definition) is 5. The van der Waals surface area contributed by atoms with Gasteiger partial charge in [-0.3, -0.25) is 5.41 Å². The zero-order valence-corrected chi connectivity index (χ0v) is 9.60. The summed E-state index contributed by atoms with van der Waals surface area (Å²) in [6.07, 6.45) is 4.01. The minimum atomic E-state index is -0.0679. The van der Waals surface area contributed by atoms with Crippen molar-refractivity contribution >= 4 is 11.7 Å². The molecule has 0 saturated carbocycles. The van der Waals surface area contributed by atoms with Crippen LogP contribution in [0.1, 0.15) is 12.1 Å². The minimum absolute atomic E-state index is 0.0679. The summed E-state index contributed by atoms with van der Waals surface area (Å²) in [4.78, 5) is 10.1. The summed E-state index contributed by atoms with van der Waals surface area (Å²) in [6.45, 7) is 1.48. The number of nitrogens with two attached hydrogens (primary N) is 1. The van der Waals surface area contributed by atoms with Crippen molar-refractivity contribution in [1.29, 1.82) is 5.41 Å². The first-order valence-electron chi connectivity index (χ1n) is 5.02. The maximum Gasteiger partial charge on any atom is 0.158 e. The van der Waals surface area contributed by atoms with E-state index in [2.05, 4.69) is 9.97 Å². The van der Waals surface area contributed by atoms with E-state index in [0.717, 1.165) is 13.0 Å². The Hall–Kier alpha value is -1.69. The van der Waals surface area contributed by atoms with Gasteiger partial charge in [0, 0.05) is 39.7 Å². The van der Waals surface area contributed by atoms with Crippen LogP contribution in [-0.2, 0) is 4.74 Å². The molecule has 0 amide bonds. The average molecular weight is 223 g/mol. The van der Waals surface area contributed by atoms with Gasteiger partial charge in [-0.25, -0.2) is 9.97 Å². The number of ether oxygens (including phenoxy) is 1. The lowest BCUT2D eigenvalue weighted by Gasteiger charge is -2.19. The third kappa shape index (κ3) is 3.16. The Balaban J connectivity index is 2.74. The lowest BCUT2D eigenvalue weighted by atomic mass is 10.3. The largest absolute Gasteiger partial charge is 0.385 e. The molecule has 1 rings (SSSR count). The Labute approximate surface area is 95.0 Å². The van der Waals surface area contributed by atoms with E-state index in [1.807, 2.05) is 11.9 Å². The summed E-state index contributed by atoms with van der Waals surface area (Å²) in [5.41, 5.74) is 5.86. The molecule has 0 spiro atoms. The van der Waals surface area contributed by atoms with Crippen LogP contribution in [0.2, 0.25) is 0 Å². The van der Waals surface area contributed by atoms with E-state index in [-0.39, 0.29) is 5.84 Å². The number of rotatable bonds is 6. The monoisotopic (exact) mass is 223 g/mol. The van der Waals surface area contributed by atoms with Crippen molar-refractivity contribution < 1.29 is 4.74 Å². The van der Waals surface area contributed by atoms with Gasteiger partial charge in [0.15, 0.2) is 5.82 Å². The molecule has 0 unspecified atom stereocenters. The predicted octanol–water partition coefficient (Wildman–Crippen LogP) is 0.233. The van der Waals surface area contributed by atoms with Crippen LogP contribution in [-0.4, -0.2) is 43.1 Å². The Morgan fingerprint density at radius 3 is 2.81 bits per heavy atom. The molecular formula is C10H17N5O. The first-order chi connectivity index (χ1) is 7.66. The van der Waals surface area contributed by atoms with Gasteiger partial charge in [0.1, 0.15) is 11.5 Å². The van der Waals surface area contributed by atoms with Crippen molar-refractivity contribution in [2.24, 2.45) is 5.73 Å². The van der Waals surface area contributed by atoms with E-state index in [9.17, 15) is 0 Å². The number of nitrogens with one attached hydrogen (secondary N) is 1. The molecule has 0 aromatic carbocycles. The van der Waals surface area contributed by atoms with E-state index in [0.29, 0.717) is 18.1 Å². The molecule has 6 heteroatoms. The van der Waals surface area contributed by atoms with Gasteiger partial charge in [-0.15, -0.1) is 0 Å². The number of hydrogen-bond donors (Lipinski definition) is 2. The van der Waals surface area contributed by atoms with Gasteiger partial charge >= 0.3 is 0 Å². The molecule has 0 aliphatic rings. The maximum absolute atomic E-state index is 7.41. The predicted molar refractivity (Wildman–Crippen MR) is 62.8 cm³/mol. The second-order valence-corrected chi connectivity index (χ2v) is 3.41. The number of nitrogens with zero attached hydrogens (tertiary/aromatic N) is 3. The fraction of sp³-hybridized carbons (Fsp3) is 0.500. The Kier molecular flexibility index (Phi) is 4.65. The highest BCUT2D eigenvalue weighted by Crippen LogP contribution is 2.12. The van der Waals surface area contributed by atoms with Gasteiger partial charge in [0.25, 0.3) is 0 Å². The van der Waals surface area contributed by atoms with Crippen LogP contribution >= 0.6 is 0 Å². The van der Waals surface area contributed by atoms with Gasteiger partial charge in [-0.2, -0.15) is 0 Å². The van der Waals surface area contributed by atoms with Gasteiger partial charge in [-0.05, 0) is 6.42 Å². The number of amidine groups is 1. The van der Waals surface area contributed by atoms with Crippen LogP contribution in [0.3, 0.4) is 0 Å². The van der Waals surface area contributed by atoms with Crippen LogP contribution in [0, 0.1) is 5.41 Å². The van der Waals surface area contributed by atoms with Crippen molar-refractivity contribution in [3.63, 3.8) is 0 Å². The van der Waals surface area contributed by atoms with E-state index in [1.165, 1.54) is 6.20 Å². The van der Waals surface area contributed by atoms with E-state index >= 15 is 0 Å². The fourth-order valence-corrected chi connectivity index (χ4v) is 1.35. The van der Waals surface area contributed by atoms with E-state index in [1.54, 1.807) is 13.3 Å². The zero-order chi connectivity index (χ0) is 12.0. The molecule has 88 valence electrons. The highest BCUT2D eigenvalue weighted by atomic mass is 16.5. The molecule has 0 saturated heterocycles. The van der Waals surface area contributed by atoms with Crippen molar-refractivity contribution in [3.05, 3.63) is 18.1 Å². The number of methoxy groups -OCH3 is 1. The SMILES string of the molecule is COCCCN(C)c1nccnc1C(=N)N. The third-order valence-electron chi connectivity index (χ3n) is 2.14. The minimum Gasteiger partial charge on any atom is -0.385 e. The van der Waals surface area contributed by atoms with Crippen LogP contribution in [0.4, 0.5) is 5.82 Å². The lowest BCUT2D eigenvalue weighted by Crippen LogP contribution is -2.26.